The molecule has 1 atom stereocenters. The lowest BCUT2D eigenvalue weighted by Crippen LogP contribution is -2.65. The summed E-state index contributed by atoms with van der Waals surface area (Å²) in [4.78, 5) is 46.1. The third-order valence-corrected chi connectivity index (χ3v) is 3.44. The maximum absolute atomic E-state index is 12.6. The highest BCUT2D eigenvalue weighted by atomic mass is 16.6. The number of carbonyl (C=O) groups excluding carboxylic acids is 4. The molecule has 0 saturated heterocycles. The Balaban J connectivity index is 5.31. The first-order valence-corrected chi connectivity index (χ1v) is 8.26. The molecule has 1 unspecified atom stereocenters. The van der Waals surface area contributed by atoms with Gasteiger partial charge in [0.25, 0.3) is 5.91 Å². The minimum Gasteiger partial charge on any atom is -0.370 e. The number of nitrogens with zero attached hydrogens (tertiary/aromatic N) is 1. The van der Waals surface area contributed by atoms with Gasteiger partial charge in [0.05, 0.1) is 0 Å². The molecule has 0 saturated carbocycles. The van der Waals surface area contributed by atoms with Gasteiger partial charge < -0.3 is 37.2 Å². The second-order valence-electron chi connectivity index (χ2n) is 6.41. The van der Waals surface area contributed by atoms with Crippen molar-refractivity contribution in [3.63, 3.8) is 0 Å². The summed E-state index contributed by atoms with van der Waals surface area (Å²) in [5, 5.41) is 41.1. The molecule has 0 aliphatic rings. The van der Waals surface area contributed by atoms with Crippen molar-refractivity contribution in [1.29, 1.82) is 0 Å². The van der Waals surface area contributed by atoms with Crippen LogP contribution in [0.25, 0.3) is 0 Å². The van der Waals surface area contributed by atoms with Crippen molar-refractivity contribution in [1.82, 2.24) is 10.2 Å². The summed E-state index contributed by atoms with van der Waals surface area (Å²) < 4.78 is 0. The number of nitrogens with one attached hydrogen (secondary N) is 1. The second-order valence-corrected chi connectivity index (χ2v) is 6.41. The van der Waals surface area contributed by atoms with Crippen molar-refractivity contribution >= 4 is 23.6 Å². The Bertz CT molecular complexity index is 539. The molecule has 0 aromatic carbocycles. The lowest BCUT2D eigenvalue weighted by Gasteiger charge is -2.41. The fraction of sp³-hybridized carbons (Fsp3) is 0.733. The minimum atomic E-state index is -2.95. The number of carbonyl (C=O) groups is 4. The summed E-state index contributed by atoms with van der Waals surface area (Å²) in [6.07, 6.45) is -0.229. The molecule has 4 amide bonds. The lowest BCUT2D eigenvalue weighted by molar-refractivity contribution is -0.355. The van der Waals surface area contributed by atoms with Gasteiger partial charge in [0, 0.05) is 33.1 Å². The molecule has 0 radical (unpaired) electrons. The van der Waals surface area contributed by atoms with Gasteiger partial charge in [-0.15, -0.1) is 0 Å². The molecule has 0 aliphatic carbocycles. The highest BCUT2D eigenvalue weighted by Gasteiger charge is 2.45. The largest absolute Gasteiger partial charge is 0.370 e. The fourth-order valence-electron chi connectivity index (χ4n) is 2.40. The second kappa shape index (κ2) is 10.2. The van der Waals surface area contributed by atoms with Crippen LogP contribution in [-0.4, -0.2) is 66.8 Å². The third kappa shape index (κ3) is 9.84. The predicted molar refractivity (Wildman–Crippen MR) is 90.6 cm³/mol. The average Bonchev–Trinajstić information content (AvgIpc) is 2.42. The van der Waals surface area contributed by atoms with Crippen molar-refractivity contribution < 1.29 is 39.6 Å². The van der Waals surface area contributed by atoms with Crippen molar-refractivity contribution in [3.05, 3.63) is 0 Å². The maximum atomic E-state index is 12.6. The molecule has 156 valence electrons. The van der Waals surface area contributed by atoms with Crippen LogP contribution in [0.15, 0.2) is 0 Å². The smallest absolute Gasteiger partial charge is 0.253 e. The first-order chi connectivity index (χ1) is 12.2. The zero-order valence-corrected chi connectivity index (χ0v) is 15.3. The molecule has 0 fully saturated rings. The van der Waals surface area contributed by atoms with E-state index in [0.717, 1.165) is 13.8 Å². The zero-order chi connectivity index (χ0) is 21.4. The molecule has 27 heavy (non-hydrogen) atoms. The van der Waals surface area contributed by atoms with E-state index in [-0.39, 0.29) is 43.4 Å². The van der Waals surface area contributed by atoms with Crippen LogP contribution in [0.4, 0.5) is 0 Å². The van der Waals surface area contributed by atoms with Crippen molar-refractivity contribution in [2.45, 2.75) is 70.2 Å². The van der Waals surface area contributed by atoms with Crippen molar-refractivity contribution in [2.75, 3.05) is 0 Å². The summed E-state index contributed by atoms with van der Waals surface area (Å²) in [5.74, 6) is -9.00. The molecule has 0 bridgehead atoms. The molecular weight excluding hydrogens is 364 g/mol. The predicted octanol–water partition coefficient (Wildman–Crippen LogP) is -3.07. The molecule has 0 rings (SSSR count). The molecule has 0 aromatic rings. The highest BCUT2D eigenvalue weighted by Crippen LogP contribution is 2.21. The van der Waals surface area contributed by atoms with E-state index in [0.29, 0.717) is 0 Å². The third-order valence-electron chi connectivity index (χ3n) is 3.44. The van der Waals surface area contributed by atoms with Crippen LogP contribution in [-0.2, 0) is 19.2 Å². The van der Waals surface area contributed by atoms with E-state index >= 15 is 0 Å². The standard InChI is InChI=1S/C15H28N4O8/c1-14(24,25)19(15(2,26)27)13(23)9(5-3-6-10(16)20)18-12(22)8-4-7-11(17)21/h9,24-27H,3-8H2,1-2H3,(H2,16,20)(H2,17,21)(H,18,22). The van der Waals surface area contributed by atoms with Gasteiger partial charge in [-0.3, -0.25) is 19.2 Å². The number of hydrogen-bond donors (Lipinski definition) is 7. The van der Waals surface area contributed by atoms with Gasteiger partial charge in [-0.2, -0.15) is 0 Å². The van der Waals surface area contributed by atoms with Crippen LogP contribution >= 0.6 is 0 Å². The zero-order valence-electron chi connectivity index (χ0n) is 15.3. The van der Waals surface area contributed by atoms with E-state index in [1.54, 1.807) is 0 Å². The van der Waals surface area contributed by atoms with Gasteiger partial charge in [-0.1, -0.05) is 0 Å². The van der Waals surface area contributed by atoms with Gasteiger partial charge in [-0.25, -0.2) is 4.90 Å². The Labute approximate surface area is 156 Å². The number of rotatable bonds is 12. The number of aliphatic hydroxyl groups is 4. The van der Waals surface area contributed by atoms with Gasteiger partial charge in [0.15, 0.2) is 0 Å². The van der Waals surface area contributed by atoms with E-state index in [2.05, 4.69) is 5.32 Å². The van der Waals surface area contributed by atoms with Gasteiger partial charge in [0.1, 0.15) is 6.04 Å². The van der Waals surface area contributed by atoms with Crippen LogP contribution in [0.3, 0.4) is 0 Å². The molecule has 12 heteroatoms. The van der Waals surface area contributed by atoms with Crippen LogP contribution in [0.5, 0.6) is 0 Å². The molecule has 0 aliphatic heterocycles. The summed E-state index contributed by atoms with van der Waals surface area (Å²) in [6, 6.07) is -1.40. The quantitative estimate of drug-likeness (QED) is 0.169. The number of hydrogen-bond acceptors (Lipinski definition) is 8. The van der Waals surface area contributed by atoms with Crippen LogP contribution in [0.2, 0.25) is 0 Å². The Morgan fingerprint density at radius 2 is 1.33 bits per heavy atom. The molecule has 12 nitrogen and oxygen atoms in total. The fourth-order valence-corrected chi connectivity index (χ4v) is 2.40. The van der Waals surface area contributed by atoms with Crippen LogP contribution in [0.1, 0.15) is 52.4 Å². The van der Waals surface area contributed by atoms with Crippen LogP contribution < -0.4 is 16.8 Å². The summed E-state index contributed by atoms with van der Waals surface area (Å²) in [7, 11) is 0. The first-order valence-electron chi connectivity index (χ1n) is 8.26. The Morgan fingerprint density at radius 3 is 1.74 bits per heavy atom. The van der Waals surface area contributed by atoms with E-state index in [4.69, 9.17) is 11.5 Å². The Hall–Kier alpha value is -2.28. The van der Waals surface area contributed by atoms with E-state index in [1.165, 1.54) is 0 Å². The Morgan fingerprint density at radius 1 is 0.889 bits per heavy atom. The highest BCUT2D eigenvalue weighted by molar-refractivity contribution is 5.88. The van der Waals surface area contributed by atoms with Crippen molar-refractivity contribution in [2.24, 2.45) is 11.5 Å². The summed E-state index contributed by atoms with van der Waals surface area (Å²) in [5.41, 5.74) is 9.99. The number of primary amides is 2. The monoisotopic (exact) mass is 392 g/mol. The Kier molecular flexibility index (Phi) is 9.30. The van der Waals surface area contributed by atoms with Crippen LogP contribution in [0, 0.1) is 0 Å². The van der Waals surface area contributed by atoms with E-state index in [1.807, 2.05) is 0 Å². The van der Waals surface area contributed by atoms with Gasteiger partial charge in [0.2, 0.25) is 29.5 Å². The van der Waals surface area contributed by atoms with E-state index < -0.39 is 41.5 Å². The summed E-state index contributed by atoms with van der Waals surface area (Å²) in [6.45, 7) is 1.45. The van der Waals surface area contributed by atoms with Gasteiger partial charge >= 0.3 is 0 Å². The average molecular weight is 392 g/mol. The first kappa shape index (κ1) is 24.7. The summed E-state index contributed by atoms with van der Waals surface area (Å²) >= 11 is 0. The maximum Gasteiger partial charge on any atom is 0.253 e. The molecule has 9 N–H and O–H groups in total. The number of amides is 4. The lowest BCUT2D eigenvalue weighted by atomic mass is 10.1. The number of nitrogens with two attached hydrogens (primary N) is 2. The van der Waals surface area contributed by atoms with E-state index in [9.17, 15) is 39.6 Å². The van der Waals surface area contributed by atoms with Gasteiger partial charge in [-0.05, 0) is 19.3 Å². The topological polar surface area (TPSA) is 217 Å². The molecular formula is C15H28N4O8. The van der Waals surface area contributed by atoms with Crippen molar-refractivity contribution in [3.8, 4) is 0 Å². The molecule has 0 spiro atoms. The molecule has 0 heterocycles. The normalized spacial score (nSPS) is 13.0. The SMILES string of the molecule is CC(O)(O)N(C(=O)C(CCCC(N)=O)NC(=O)CCCC(N)=O)C(C)(O)O. The minimum absolute atomic E-state index is 0.0291. The molecule has 0 aromatic heterocycles.